The SMILES string of the molecule is Cc1cn[nH]c1C1CN(Cc2ccc(-c3ccccc3C(=O)O)cn2)C1. The molecule has 3 aromatic rings. The van der Waals surface area contributed by atoms with Gasteiger partial charge in [0.2, 0.25) is 0 Å². The molecule has 0 spiro atoms. The number of hydrogen-bond acceptors (Lipinski definition) is 4. The Bertz CT molecular complexity index is 927. The van der Waals surface area contributed by atoms with Gasteiger partial charge in [0.05, 0.1) is 17.5 Å². The zero-order valence-electron chi connectivity index (χ0n) is 14.5. The Morgan fingerprint density at radius 3 is 2.69 bits per heavy atom. The fourth-order valence-electron chi connectivity index (χ4n) is 3.48. The summed E-state index contributed by atoms with van der Waals surface area (Å²) in [7, 11) is 0. The van der Waals surface area contributed by atoms with Gasteiger partial charge >= 0.3 is 5.97 Å². The largest absolute Gasteiger partial charge is 0.478 e. The molecule has 1 fully saturated rings. The van der Waals surface area contributed by atoms with E-state index in [4.69, 9.17) is 0 Å². The molecule has 0 aliphatic carbocycles. The maximum Gasteiger partial charge on any atom is 0.336 e. The number of nitrogens with one attached hydrogen (secondary N) is 1. The topological polar surface area (TPSA) is 82.1 Å². The molecule has 6 nitrogen and oxygen atoms in total. The van der Waals surface area contributed by atoms with E-state index in [1.807, 2.05) is 30.5 Å². The van der Waals surface area contributed by atoms with Crippen LogP contribution >= 0.6 is 0 Å². The average molecular weight is 348 g/mol. The number of aromatic amines is 1. The molecule has 2 aromatic heterocycles. The number of hydrogen-bond donors (Lipinski definition) is 2. The van der Waals surface area contributed by atoms with Gasteiger partial charge in [0.1, 0.15) is 0 Å². The van der Waals surface area contributed by atoms with Crippen LogP contribution in [0.4, 0.5) is 0 Å². The molecular formula is C20H20N4O2. The van der Waals surface area contributed by atoms with Crippen molar-refractivity contribution in [2.75, 3.05) is 13.1 Å². The van der Waals surface area contributed by atoms with Gasteiger partial charge < -0.3 is 5.11 Å². The van der Waals surface area contributed by atoms with Gasteiger partial charge in [0.25, 0.3) is 0 Å². The van der Waals surface area contributed by atoms with Crippen LogP contribution in [0.25, 0.3) is 11.1 Å². The number of nitrogens with zero attached hydrogens (tertiary/aromatic N) is 3. The van der Waals surface area contributed by atoms with Crippen LogP contribution in [-0.2, 0) is 6.54 Å². The fourth-order valence-corrected chi connectivity index (χ4v) is 3.48. The number of pyridine rings is 1. The summed E-state index contributed by atoms with van der Waals surface area (Å²) < 4.78 is 0. The van der Waals surface area contributed by atoms with Gasteiger partial charge in [-0.1, -0.05) is 24.3 Å². The maximum atomic E-state index is 11.4. The smallest absolute Gasteiger partial charge is 0.336 e. The molecule has 1 aromatic carbocycles. The Balaban J connectivity index is 1.42. The number of H-pyrrole nitrogens is 1. The van der Waals surface area contributed by atoms with Crippen LogP contribution in [-0.4, -0.2) is 44.2 Å². The molecule has 0 radical (unpaired) electrons. The van der Waals surface area contributed by atoms with E-state index < -0.39 is 5.97 Å². The second kappa shape index (κ2) is 6.72. The van der Waals surface area contributed by atoms with Crippen molar-refractivity contribution in [1.29, 1.82) is 0 Å². The predicted octanol–water partition coefficient (Wildman–Crippen LogP) is 3.08. The summed E-state index contributed by atoms with van der Waals surface area (Å²) in [5.41, 5.74) is 5.24. The first kappa shape index (κ1) is 16.5. The number of carboxylic acids is 1. The van der Waals surface area contributed by atoms with Gasteiger partial charge in [-0.05, 0) is 30.2 Å². The van der Waals surface area contributed by atoms with Gasteiger partial charge in [-0.2, -0.15) is 5.10 Å². The molecule has 1 saturated heterocycles. The van der Waals surface area contributed by atoms with Crippen LogP contribution in [0.15, 0.2) is 48.8 Å². The molecular weight excluding hydrogens is 328 g/mol. The number of benzene rings is 1. The summed E-state index contributed by atoms with van der Waals surface area (Å²) in [5.74, 6) is -0.412. The van der Waals surface area contributed by atoms with Crippen molar-refractivity contribution in [3.05, 3.63) is 71.3 Å². The maximum absolute atomic E-state index is 11.4. The van der Waals surface area contributed by atoms with Crippen molar-refractivity contribution in [3.8, 4) is 11.1 Å². The molecule has 2 N–H and O–H groups in total. The molecule has 0 atom stereocenters. The van der Waals surface area contributed by atoms with Crippen LogP contribution in [0.5, 0.6) is 0 Å². The van der Waals surface area contributed by atoms with Crippen LogP contribution in [0.3, 0.4) is 0 Å². The Morgan fingerprint density at radius 1 is 1.23 bits per heavy atom. The lowest BCUT2D eigenvalue weighted by Gasteiger charge is -2.38. The van der Waals surface area contributed by atoms with E-state index in [1.54, 1.807) is 18.3 Å². The first-order valence-corrected chi connectivity index (χ1v) is 8.61. The second-order valence-corrected chi connectivity index (χ2v) is 6.75. The molecule has 3 heterocycles. The van der Waals surface area contributed by atoms with Crippen molar-refractivity contribution >= 4 is 5.97 Å². The highest BCUT2D eigenvalue weighted by atomic mass is 16.4. The van der Waals surface area contributed by atoms with E-state index in [1.165, 1.54) is 11.3 Å². The average Bonchev–Trinajstić information content (AvgIpc) is 3.04. The monoisotopic (exact) mass is 348 g/mol. The zero-order valence-corrected chi connectivity index (χ0v) is 14.5. The molecule has 4 rings (SSSR count). The van der Waals surface area contributed by atoms with Gasteiger partial charge in [0, 0.05) is 43.0 Å². The molecule has 0 amide bonds. The molecule has 0 unspecified atom stereocenters. The minimum absolute atomic E-state index is 0.294. The highest BCUT2D eigenvalue weighted by Gasteiger charge is 2.30. The summed E-state index contributed by atoms with van der Waals surface area (Å²) in [4.78, 5) is 18.2. The van der Waals surface area contributed by atoms with Gasteiger partial charge in [-0.25, -0.2) is 4.79 Å². The Kier molecular flexibility index (Phi) is 4.26. The normalized spacial score (nSPS) is 15.0. The Labute approximate surface area is 151 Å². The summed E-state index contributed by atoms with van der Waals surface area (Å²) in [6.45, 7) is 4.86. The van der Waals surface area contributed by atoms with Crippen LogP contribution in [0, 0.1) is 6.92 Å². The fraction of sp³-hybridized carbons (Fsp3) is 0.250. The first-order chi connectivity index (χ1) is 12.6. The van der Waals surface area contributed by atoms with E-state index in [-0.39, 0.29) is 0 Å². The molecule has 26 heavy (non-hydrogen) atoms. The highest BCUT2D eigenvalue weighted by molar-refractivity contribution is 5.95. The number of aryl methyl sites for hydroxylation is 1. The van der Waals surface area contributed by atoms with Crippen molar-refractivity contribution in [2.45, 2.75) is 19.4 Å². The quantitative estimate of drug-likeness (QED) is 0.740. The number of rotatable bonds is 5. The molecule has 0 bridgehead atoms. The third kappa shape index (κ3) is 3.11. The van der Waals surface area contributed by atoms with Crippen molar-refractivity contribution in [1.82, 2.24) is 20.1 Å². The minimum atomic E-state index is -0.926. The van der Waals surface area contributed by atoms with E-state index in [0.717, 1.165) is 30.9 Å². The number of carboxylic acid groups (broad SMARTS) is 1. The van der Waals surface area contributed by atoms with Crippen LogP contribution in [0.1, 0.15) is 33.2 Å². The van der Waals surface area contributed by atoms with Gasteiger partial charge in [-0.15, -0.1) is 0 Å². The van der Waals surface area contributed by atoms with Crippen molar-refractivity contribution in [3.63, 3.8) is 0 Å². The van der Waals surface area contributed by atoms with E-state index in [9.17, 15) is 9.90 Å². The third-order valence-electron chi connectivity index (χ3n) is 4.91. The first-order valence-electron chi connectivity index (χ1n) is 8.61. The number of aromatic carboxylic acids is 1. The number of likely N-dealkylation sites (tertiary alicyclic amines) is 1. The lowest BCUT2D eigenvalue weighted by atomic mass is 9.94. The summed E-state index contributed by atoms with van der Waals surface area (Å²) in [6, 6.07) is 10.9. The molecule has 1 aliphatic rings. The van der Waals surface area contributed by atoms with Crippen molar-refractivity contribution < 1.29 is 9.90 Å². The second-order valence-electron chi connectivity index (χ2n) is 6.75. The Morgan fingerprint density at radius 2 is 2.04 bits per heavy atom. The number of aromatic nitrogens is 3. The van der Waals surface area contributed by atoms with Crippen LogP contribution in [0.2, 0.25) is 0 Å². The molecule has 132 valence electrons. The number of carbonyl (C=O) groups is 1. The lowest BCUT2D eigenvalue weighted by Crippen LogP contribution is -2.44. The van der Waals surface area contributed by atoms with Gasteiger partial charge in [0.15, 0.2) is 0 Å². The van der Waals surface area contributed by atoms with E-state index in [0.29, 0.717) is 17.0 Å². The summed E-state index contributed by atoms with van der Waals surface area (Å²) in [5, 5.41) is 16.5. The standard InChI is InChI=1S/C20H20N4O2/c1-13-8-22-23-19(13)15-10-24(11-15)12-16-7-6-14(9-21-16)17-4-2-3-5-18(17)20(25)26/h2-9,15H,10-12H2,1H3,(H,22,23)(H,25,26). The van der Waals surface area contributed by atoms with E-state index in [2.05, 4.69) is 27.0 Å². The minimum Gasteiger partial charge on any atom is -0.478 e. The predicted molar refractivity (Wildman–Crippen MR) is 98.0 cm³/mol. The molecule has 6 heteroatoms. The van der Waals surface area contributed by atoms with Crippen molar-refractivity contribution in [2.24, 2.45) is 0 Å². The summed E-state index contributed by atoms with van der Waals surface area (Å²) in [6.07, 6.45) is 3.63. The Hall–Kier alpha value is -2.99. The highest BCUT2D eigenvalue weighted by Crippen LogP contribution is 2.29. The van der Waals surface area contributed by atoms with E-state index >= 15 is 0 Å². The lowest BCUT2D eigenvalue weighted by molar-refractivity contribution is 0.0697. The third-order valence-corrected chi connectivity index (χ3v) is 4.91. The zero-order chi connectivity index (χ0) is 18.1. The molecule has 1 aliphatic heterocycles. The van der Waals surface area contributed by atoms with Gasteiger partial charge in [-0.3, -0.25) is 15.0 Å². The van der Waals surface area contributed by atoms with Crippen LogP contribution < -0.4 is 0 Å². The molecule has 0 saturated carbocycles. The summed E-state index contributed by atoms with van der Waals surface area (Å²) >= 11 is 0.